The minimum Gasteiger partial charge on any atom is -0.468 e. The Kier molecular flexibility index (Phi) is 5.82. The van der Waals surface area contributed by atoms with E-state index in [-0.39, 0.29) is 17.3 Å². The number of carbonyl (C=O) groups excluding carboxylic acids is 1. The van der Waals surface area contributed by atoms with Crippen LogP contribution in [0.3, 0.4) is 0 Å². The number of benzene rings is 1. The Hall–Kier alpha value is -1.75. The molecule has 0 bridgehead atoms. The molecule has 1 rings (SSSR count). The standard InChI is InChI=1S/C12H13ClN2O4S/c1-19-12(16)8-20(17,18)15-11-7-9(3-2-6-14)4-5-10(11)13/h4-5,7,15H,6,8,14H2,1H3. The Morgan fingerprint density at radius 3 is 2.80 bits per heavy atom. The van der Waals surface area contributed by atoms with Gasteiger partial charge in [0.05, 0.1) is 24.4 Å². The van der Waals surface area contributed by atoms with Crippen molar-refractivity contribution in [3.05, 3.63) is 28.8 Å². The molecule has 0 aliphatic rings. The van der Waals surface area contributed by atoms with E-state index in [1.807, 2.05) is 0 Å². The van der Waals surface area contributed by atoms with E-state index in [9.17, 15) is 13.2 Å². The van der Waals surface area contributed by atoms with Crippen LogP contribution in [0.15, 0.2) is 18.2 Å². The molecule has 0 aliphatic carbocycles. The second kappa shape index (κ2) is 7.14. The third kappa shape index (κ3) is 5.09. The summed E-state index contributed by atoms with van der Waals surface area (Å²) in [5.74, 6) is 3.73. The van der Waals surface area contributed by atoms with Gasteiger partial charge in [0, 0.05) is 5.56 Å². The van der Waals surface area contributed by atoms with Crippen molar-refractivity contribution in [2.45, 2.75) is 0 Å². The van der Waals surface area contributed by atoms with E-state index in [0.717, 1.165) is 7.11 Å². The van der Waals surface area contributed by atoms with Crippen molar-refractivity contribution in [3.8, 4) is 11.8 Å². The van der Waals surface area contributed by atoms with E-state index in [2.05, 4.69) is 21.3 Å². The van der Waals surface area contributed by atoms with Gasteiger partial charge in [-0.1, -0.05) is 23.4 Å². The molecule has 0 fully saturated rings. The second-order valence-corrected chi connectivity index (χ2v) is 5.77. The summed E-state index contributed by atoms with van der Waals surface area (Å²) in [5, 5.41) is 0.191. The maximum Gasteiger partial charge on any atom is 0.322 e. The number of ether oxygens (including phenoxy) is 1. The molecule has 0 radical (unpaired) electrons. The maximum atomic E-state index is 11.7. The highest BCUT2D eigenvalue weighted by molar-refractivity contribution is 7.93. The molecular weight excluding hydrogens is 304 g/mol. The Labute approximate surface area is 122 Å². The Morgan fingerprint density at radius 1 is 1.50 bits per heavy atom. The monoisotopic (exact) mass is 316 g/mol. The number of hydrogen-bond donors (Lipinski definition) is 2. The maximum absolute atomic E-state index is 11.7. The lowest BCUT2D eigenvalue weighted by molar-refractivity contribution is -0.137. The molecule has 0 saturated heterocycles. The van der Waals surface area contributed by atoms with E-state index < -0.39 is 21.7 Å². The molecule has 0 aromatic heterocycles. The summed E-state index contributed by atoms with van der Waals surface area (Å²) in [6, 6.07) is 4.58. The molecule has 0 atom stereocenters. The fourth-order valence-electron chi connectivity index (χ4n) is 1.25. The van der Waals surface area contributed by atoms with Crippen molar-refractivity contribution < 1.29 is 17.9 Å². The first kappa shape index (κ1) is 16.3. The fraction of sp³-hybridized carbons (Fsp3) is 0.250. The van der Waals surface area contributed by atoms with Gasteiger partial charge in [-0.2, -0.15) is 0 Å². The van der Waals surface area contributed by atoms with Gasteiger partial charge in [-0.25, -0.2) is 8.42 Å². The lowest BCUT2D eigenvalue weighted by Gasteiger charge is -2.09. The van der Waals surface area contributed by atoms with Gasteiger partial charge in [-0.15, -0.1) is 0 Å². The summed E-state index contributed by atoms with van der Waals surface area (Å²) in [6.07, 6.45) is 0. The van der Waals surface area contributed by atoms with Gasteiger partial charge in [0.25, 0.3) is 0 Å². The molecular formula is C12H13ClN2O4S. The summed E-state index contributed by atoms with van der Waals surface area (Å²) < 4.78 is 30.0. The molecule has 0 heterocycles. The molecule has 3 N–H and O–H groups in total. The van der Waals surface area contributed by atoms with Gasteiger partial charge < -0.3 is 10.5 Å². The minimum absolute atomic E-state index is 0.138. The summed E-state index contributed by atoms with van der Waals surface area (Å²) in [6.45, 7) is 0.187. The number of nitrogens with two attached hydrogens (primary N) is 1. The fourth-order valence-corrected chi connectivity index (χ4v) is 2.48. The lowest BCUT2D eigenvalue weighted by Crippen LogP contribution is -2.23. The van der Waals surface area contributed by atoms with Crippen molar-refractivity contribution in [2.24, 2.45) is 5.73 Å². The topological polar surface area (TPSA) is 98.5 Å². The molecule has 1 aromatic carbocycles. The Balaban J connectivity index is 2.99. The highest BCUT2D eigenvalue weighted by Gasteiger charge is 2.18. The third-order valence-corrected chi connectivity index (χ3v) is 3.58. The van der Waals surface area contributed by atoms with Crippen LogP contribution in [-0.4, -0.2) is 33.8 Å². The van der Waals surface area contributed by atoms with E-state index in [1.165, 1.54) is 12.1 Å². The van der Waals surface area contributed by atoms with Crippen LogP contribution in [0.2, 0.25) is 5.02 Å². The van der Waals surface area contributed by atoms with Gasteiger partial charge >= 0.3 is 5.97 Å². The quantitative estimate of drug-likeness (QED) is 0.625. The van der Waals surface area contributed by atoms with Crippen molar-refractivity contribution >= 4 is 33.3 Å². The van der Waals surface area contributed by atoms with Crippen molar-refractivity contribution in [3.63, 3.8) is 0 Å². The summed E-state index contributed by atoms with van der Waals surface area (Å²) >= 11 is 5.89. The molecule has 108 valence electrons. The lowest BCUT2D eigenvalue weighted by atomic mass is 10.2. The first-order valence-corrected chi connectivity index (χ1v) is 7.47. The largest absolute Gasteiger partial charge is 0.468 e. The molecule has 0 amide bonds. The average molecular weight is 317 g/mol. The SMILES string of the molecule is COC(=O)CS(=O)(=O)Nc1cc(C#CCN)ccc1Cl. The van der Waals surface area contributed by atoms with E-state index >= 15 is 0 Å². The van der Waals surface area contributed by atoms with E-state index in [4.69, 9.17) is 17.3 Å². The predicted octanol–water partition coefficient (Wildman–Crippen LogP) is 0.565. The summed E-state index contributed by atoms with van der Waals surface area (Å²) in [5.41, 5.74) is 5.94. The zero-order valence-electron chi connectivity index (χ0n) is 10.6. The van der Waals surface area contributed by atoms with Crippen LogP contribution in [0.25, 0.3) is 0 Å². The molecule has 0 saturated carbocycles. The number of esters is 1. The van der Waals surface area contributed by atoms with Crippen molar-refractivity contribution in [2.75, 3.05) is 24.1 Å². The molecule has 20 heavy (non-hydrogen) atoms. The van der Waals surface area contributed by atoms with Crippen LogP contribution in [0.1, 0.15) is 5.56 Å². The van der Waals surface area contributed by atoms with Crippen LogP contribution in [0.5, 0.6) is 0 Å². The van der Waals surface area contributed by atoms with Crippen molar-refractivity contribution in [1.29, 1.82) is 0 Å². The number of halogens is 1. The first-order chi connectivity index (χ1) is 9.38. The highest BCUT2D eigenvalue weighted by atomic mass is 35.5. The van der Waals surface area contributed by atoms with Gasteiger partial charge in [0.15, 0.2) is 5.75 Å². The summed E-state index contributed by atoms with van der Waals surface area (Å²) in [7, 11) is -2.78. The molecule has 8 heteroatoms. The number of hydrogen-bond acceptors (Lipinski definition) is 5. The smallest absolute Gasteiger partial charge is 0.322 e. The number of carbonyl (C=O) groups is 1. The first-order valence-electron chi connectivity index (χ1n) is 5.44. The van der Waals surface area contributed by atoms with Gasteiger partial charge in [0.1, 0.15) is 0 Å². The average Bonchev–Trinajstić information content (AvgIpc) is 2.38. The zero-order chi connectivity index (χ0) is 15.2. The summed E-state index contributed by atoms with van der Waals surface area (Å²) in [4.78, 5) is 11.0. The van der Waals surface area contributed by atoms with Crippen LogP contribution < -0.4 is 10.5 Å². The van der Waals surface area contributed by atoms with Crippen LogP contribution >= 0.6 is 11.6 Å². The van der Waals surface area contributed by atoms with E-state index in [1.54, 1.807) is 6.07 Å². The minimum atomic E-state index is -3.89. The third-order valence-electron chi connectivity index (χ3n) is 2.10. The Morgan fingerprint density at radius 2 is 2.20 bits per heavy atom. The van der Waals surface area contributed by atoms with Gasteiger partial charge in [-0.3, -0.25) is 9.52 Å². The van der Waals surface area contributed by atoms with E-state index in [0.29, 0.717) is 5.56 Å². The number of methoxy groups -OCH3 is 1. The normalized spacial score (nSPS) is 10.3. The van der Waals surface area contributed by atoms with Crippen LogP contribution in [0.4, 0.5) is 5.69 Å². The molecule has 0 aliphatic heterocycles. The second-order valence-electron chi connectivity index (χ2n) is 3.64. The molecule has 1 aromatic rings. The van der Waals surface area contributed by atoms with Gasteiger partial charge in [0.2, 0.25) is 10.0 Å². The number of nitrogens with one attached hydrogen (secondary N) is 1. The number of sulfonamides is 1. The molecule has 0 spiro atoms. The molecule has 6 nitrogen and oxygen atoms in total. The van der Waals surface area contributed by atoms with Crippen molar-refractivity contribution in [1.82, 2.24) is 0 Å². The van der Waals surface area contributed by atoms with Gasteiger partial charge in [-0.05, 0) is 18.2 Å². The highest BCUT2D eigenvalue weighted by Crippen LogP contribution is 2.23. The number of anilines is 1. The zero-order valence-corrected chi connectivity index (χ0v) is 12.2. The number of rotatable bonds is 4. The van der Waals surface area contributed by atoms with Crippen LogP contribution in [-0.2, 0) is 19.6 Å². The van der Waals surface area contributed by atoms with Crippen LogP contribution in [0, 0.1) is 11.8 Å². The Bertz CT molecular complexity index is 662. The molecule has 0 unspecified atom stereocenters. The predicted molar refractivity (Wildman–Crippen MR) is 76.8 cm³/mol.